The van der Waals surface area contributed by atoms with Crippen molar-refractivity contribution in [3.63, 3.8) is 0 Å². The maximum Gasteiger partial charge on any atom is 0.128 e. The number of para-hydroxylation sites is 1. The zero-order valence-electron chi connectivity index (χ0n) is 12.5. The summed E-state index contributed by atoms with van der Waals surface area (Å²) in [7, 11) is 0. The van der Waals surface area contributed by atoms with E-state index in [-0.39, 0.29) is 0 Å². The molecule has 2 aromatic heterocycles. The molecule has 1 fully saturated rings. The van der Waals surface area contributed by atoms with Crippen LogP contribution in [0.4, 0.5) is 5.82 Å². The van der Waals surface area contributed by atoms with Gasteiger partial charge in [0.15, 0.2) is 0 Å². The summed E-state index contributed by atoms with van der Waals surface area (Å²) in [5, 5.41) is 5.72. The number of hydrogen-bond acceptors (Lipinski definition) is 4. The van der Waals surface area contributed by atoms with E-state index < -0.39 is 0 Å². The Bertz CT molecular complexity index is 744. The molecule has 5 heteroatoms. The molecular weight excluding hydrogens is 274 g/mol. The van der Waals surface area contributed by atoms with Gasteiger partial charge in [0.25, 0.3) is 0 Å². The van der Waals surface area contributed by atoms with E-state index in [4.69, 9.17) is 0 Å². The molecule has 0 atom stereocenters. The Morgan fingerprint density at radius 2 is 1.73 bits per heavy atom. The molecule has 0 saturated carbocycles. The molecule has 0 aliphatic carbocycles. The lowest BCUT2D eigenvalue weighted by molar-refractivity contribution is 0.199. The van der Waals surface area contributed by atoms with Crippen molar-refractivity contribution >= 4 is 16.7 Å². The van der Waals surface area contributed by atoms with Crippen LogP contribution in [0.1, 0.15) is 0 Å². The van der Waals surface area contributed by atoms with Crippen molar-refractivity contribution in [1.82, 2.24) is 19.7 Å². The first-order chi connectivity index (χ1) is 10.9. The van der Waals surface area contributed by atoms with E-state index in [0.717, 1.165) is 38.7 Å². The first kappa shape index (κ1) is 13.3. The molecule has 5 nitrogen and oxygen atoms in total. The second-order valence-electron chi connectivity index (χ2n) is 5.64. The van der Waals surface area contributed by atoms with E-state index in [1.807, 2.05) is 24.5 Å². The lowest BCUT2D eigenvalue weighted by Gasteiger charge is -2.35. The molecular formula is C17H19N5. The standard InChI is InChI=1S/C17H19N5/c1-2-6-16-15(5-1)13-19-22(16)14-20-9-11-21(12-10-20)17-7-3-4-8-18-17/h1-8,13H,9-12,14H2. The van der Waals surface area contributed by atoms with Crippen LogP contribution in [0.2, 0.25) is 0 Å². The molecule has 0 N–H and O–H groups in total. The first-order valence-corrected chi connectivity index (χ1v) is 7.69. The van der Waals surface area contributed by atoms with Gasteiger partial charge in [0.1, 0.15) is 5.82 Å². The zero-order chi connectivity index (χ0) is 14.8. The van der Waals surface area contributed by atoms with E-state index in [2.05, 4.69) is 54.9 Å². The molecule has 0 spiro atoms. The fourth-order valence-electron chi connectivity index (χ4n) is 2.99. The Kier molecular flexibility index (Phi) is 3.48. The quantitative estimate of drug-likeness (QED) is 0.742. The number of pyridine rings is 1. The van der Waals surface area contributed by atoms with Crippen LogP contribution in [0.25, 0.3) is 10.9 Å². The Morgan fingerprint density at radius 1 is 0.909 bits per heavy atom. The van der Waals surface area contributed by atoms with Gasteiger partial charge in [-0.05, 0) is 18.2 Å². The van der Waals surface area contributed by atoms with Crippen molar-refractivity contribution in [2.75, 3.05) is 31.1 Å². The summed E-state index contributed by atoms with van der Waals surface area (Å²) in [6.45, 7) is 4.94. The first-order valence-electron chi connectivity index (χ1n) is 7.69. The highest BCUT2D eigenvalue weighted by atomic mass is 15.4. The molecule has 4 rings (SSSR count). The molecule has 112 valence electrons. The number of fused-ring (bicyclic) bond motifs is 1. The minimum Gasteiger partial charge on any atom is -0.354 e. The van der Waals surface area contributed by atoms with Crippen molar-refractivity contribution in [2.45, 2.75) is 6.67 Å². The SMILES string of the molecule is c1ccc(N2CCN(Cn3ncc4ccccc43)CC2)nc1. The van der Waals surface area contributed by atoms with E-state index in [9.17, 15) is 0 Å². The van der Waals surface area contributed by atoms with Gasteiger partial charge in [-0.25, -0.2) is 4.98 Å². The summed E-state index contributed by atoms with van der Waals surface area (Å²) in [6.07, 6.45) is 3.80. The van der Waals surface area contributed by atoms with Gasteiger partial charge in [-0.3, -0.25) is 9.58 Å². The minimum atomic E-state index is 0.851. The van der Waals surface area contributed by atoms with Gasteiger partial charge in [0, 0.05) is 37.8 Å². The van der Waals surface area contributed by atoms with Crippen LogP contribution in [-0.4, -0.2) is 45.8 Å². The van der Waals surface area contributed by atoms with Crippen molar-refractivity contribution < 1.29 is 0 Å². The highest BCUT2D eigenvalue weighted by Gasteiger charge is 2.18. The van der Waals surface area contributed by atoms with Gasteiger partial charge < -0.3 is 4.90 Å². The van der Waals surface area contributed by atoms with E-state index in [1.54, 1.807) is 0 Å². The second-order valence-corrected chi connectivity index (χ2v) is 5.64. The lowest BCUT2D eigenvalue weighted by Crippen LogP contribution is -2.47. The van der Waals surface area contributed by atoms with Crippen molar-refractivity contribution in [1.29, 1.82) is 0 Å². The molecule has 1 aromatic carbocycles. The summed E-state index contributed by atoms with van der Waals surface area (Å²) in [4.78, 5) is 9.22. The molecule has 0 amide bonds. The predicted molar refractivity (Wildman–Crippen MR) is 87.8 cm³/mol. The largest absolute Gasteiger partial charge is 0.354 e. The predicted octanol–water partition coefficient (Wildman–Crippen LogP) is 2.21. The highest BCUT2D eigenvalue weighted by Crippen LogP contribution is 2.16. The van der Waals surface area contributed by atoms with Gasteiger partial charge in [0.2, 0.25) is 0 Å². The van der Waals surface area contributed by atoms with Crippen molar-refractivity contribution in [3.8, 4) is 0 Å². The van der Waals surface area contributed by atoms with Crippen molar-refractivity contribution in [2.24, 2.45) is 0 Å². The smallest absolute Gasteiger partial charge is 0.128 e. The maximum atomic E-state index is 4.52. The van der Waals surface area contributed by atoms with Gasteiger partial charge in [-0.15, -0.1) is 0 Å². The highest BCUT2D eigenvalue weighted by molar-refractivity contribution is 5.78. The molecule has 22 heavy (non-hydrogen) atoms. The van der Waals surface area contributed by atoms with Gasteiger partial charge in [-0.1, -0.05) is 24.3 Å². The Morgan fingerprint density at radius 3 is 2.55 bits per heavy atom. The van der Waals surface area contributed by atoms with Crippen LogP contribution < -0.4 is 4.90 Å². The third-order valence-electron chi connectivity index (χ3n) is 4.23. The van der Waals surface area contributed by atoms with Crippen LogP contribution in [0.5, 0.6) is 0 Å². The van der Waals surface area contributed by atoms with Gasteiger partial charge >= 0.3 is 0 Å². The van der Waals surface area contributed by atoms with Gasteiger partial charge in [0.05, 0.1) is 18.4 Å². The van der Waals surface area contributed by atoms with Crippen LogP contribution in [0, 0.1) is 0 Å². The van der Waals surface area contributed by atoms with Crippen LogP contribution in [0.3, 0.4) is 0 Å². The third-order valence-corrected chi connectivity index (χ3v) is 4.23. The number of anilines is 1. The lowest BCUT2D eigenvalue weighted by atomic mass is 10.2. The number of rotatable bonds is 3. The van der Waals surface area contributed by atoms with E-state index in [0.29, 0.717) is 0 Å². The van der Waals surface area contributed by atoms with E-state index in [1.165, 1.54) is 10.9 Å². The summed E-state index contributed by atoms with van der Waals surface area (Å²) >= 11 is 0. The average Bonchev–Trinajstić information content (AvgIpc) is 3.00. The fourth-order valence-corrected chi connectivity index (χ4v) is 2.99. The number of nitrogens with zero attached hydrogens (tertiary/aromatic N) is 5. The van der Waals surface area contributed by atoms with Gasteiger partial charge in [-0.2, -0.15) is 5.10 Å². The Hall–Kier alpha value is -2.40. The Labute approximate surface area is 129 Å². The molecule has 1 aliphatic rings. The molecule has 1 aliphatic heterocycles. The van der Waals surface area contributed by atoms with Crippen molar-refractivity contribution in [3.05, 3.63) is 54.9 Å². The number of aromatic nitrogens is 3. The van der Waals surface area contributed by atoms with E-state index >= 15 is 0 Å². The summed E-state index contributed by atoms with van der Waals surface area (Å²) in [5.74, 6) is 1.08. The molecule has 0 radical (unpaired) electrons. The second kappa shape index (κ2) is 5.77. The summed E-state index contributed by atoms with van der Waals surface area (Å²) < 4.78 is 2.09. The average molecular weight is 293 g/mol. The minimum absolute atomic E-state index is 0.851. The van der Waals surface area contributed by atoms with Crippen LogP contribution in [-0.2, 0) is 6.67 Å². The van der Waals surface area contributed by atoms with Crippen LogP contribution in [0.15, 0.2) is 54.9 Å². The normalized spacial score (nSPS) is 16.3. The molecule has 1 saturated heterocycles. The third kappa shape index (κ3) is 2.55. The topological polar surface area (TPSA) is 37.2 Å². The zero-order valence-corrected chi connectivity index (χ0v) is 12.5. The molecule has 0 bridgehead atoms. The maximum absolute atomic E-state index is 4.52. The molecule has 3 aromatic rings. The van der Waals surface area contributed by atoms with Crippen LogP contribution >= 0.6 is 0 Å². The fraction of sp³-hybridized carbons (Fsp3) is 0.294. The number of hydrogen-bond donors (Lipinski definition) is 0. The Balaban J connectivity index is 1.42. The number of benzene rings is 1. The molecule has 0 unspecified atom stereocenters. The summed E-state index contributed by atoms with van der Waals surface area (Å²) in [5.41, 5.74) is 1.20. The summed E-state index contributed by atoms with van der Waals surface area (Å²) in [6, 6.07) is 14.5. The number of piperazine rings is 1. The molecule has 3 heterocycles. The monoisotopic (exact) mass is 293 g/mol.